The van der Waals surface area contributed by atoms with Crippen LogP contribution >= 0.6 is 0 Å². The third kappa shape index (κ3) is 7.65. The van der Waals surface area contributed by atoms with Crippen molar-refractivity contribution in [3.8, 4) is 5.75 Å². The summed E-state index contributed by atoms with van der Waals surface area (Å²) in [6.45, 7) is 4.55. The number of ether oxygens (including phenoxy) is 1. The lowest BCUT2D eigenvalue weighted by molar-refractivity contribution is 0.237. The zero-order valence-electron chi connectivity index (χ0n) is 14.7. The van der Waals surface area contributed by atoms with Gasteiger partial charge in [0.2, 0.25) is 10.0 Å². The molecule has 1 rings (SSSR count). The molecule has 0 aliphatic heterocycles. The summed E-state index contributed by atoms with van der Waals surface area (Å²) in [6.07, 6.45) is 1.75. The van der Waals surface area contributed by atoms with Gasteiger partial charge in [-0.25, -0.2) is 17.5 Å². The van der Waals surface area contributed by atoms with Gasteiger partial charge >= 0.3 is 6.03 Å². The largest absolute Gasteiger partial charge is 0.497 e. The first-order chi connectivity index (χ1) is 11.2. The summed E-state index contributed by atoms with van der Waals surface area (Å²) in [5.74, 6) is 0.741. The average molecular weight is 357 g/mol. The van der Waals surface area contributed by atoms with Crippen LogP contribution in [0.2, 0.25) is 0 Å². The number of nitrogens with one attached hydrogen (secondary N) is 2. The highest BCUT2D eigenvalue weighted by molar-refractivity contribution is 7.88. The first-order valence-corrected chi connectivity index (χ1v) is 9.69. The van der Waals surface area contributed by atoms with Crippen LogP contribution in [0.1, 0.15) is 19.4 Å². The molecule has 0 radical (unpaired) electrons. The molecule has 0 heterocycles. The van der Waals surface area contributed by atoms with Crippen molar-refractivity contribution in [2.45, 2.75) is 26.3 Å². The Morgan fingerprint density at radius 2 is 2.00 bits per heavy atom. The monoisotopic (exact) mass is 357 g/mol. The number of amides is 2. The Kier molecular flexibility index (Phi) is 8.00. The minimum absolute atomic E-state index is 0.0315. The molecular formula is C16H27N3O4S. The molecule has 0 fully saturated rings. The number of carbonyl (C=O) groups is 1. The van der Waals surface area contributed by atoms with E-state index >= 15 is 0 Å². The second kappa shape index (κ2) is 9.48. The maximum atomic E-state index is 11.9. The zero-order valence-corrected chi connectivity index (χ0v) is 15.5. The van der Waals surface area contributed by atoms with Crippen molar-refractivity contribution in [1.82, 2.24) is 14.9 Å². The Hall–Kier alpha value is -1.80. The molecule has 0 aromatic heterocycles. The number of carbonyl (C=O) groups excluding carboxylic acids is 1. The molecule has 2 amide bonds. The van der Waals surface area contributed by atoms with Gasteiger partial charge in [-0.15, -0.1) is 0 Å². The second-order valence-electron chi connectivity index (χ2n) is 5.82. The molecule has 1 aromatic carbocycles. The molecule has 0 saturated carbocycles. The third-order valence-electron chi connectivity index (χ3n) is 3.32. The lowest BCUT2D eigenvalue weighted by atomic mass is 10.1. The number of sulfonamides is 1. The minimum Gasteiger partial charge on any atom is -0.497 e. The van der Waals surface area contributed by atoms with Crippen LogP contribution in [0.25, 0.3) is 0 Å². The average Bonchev–Trinajstić information content (AvgIpc) is 2.48. The summed E-state index contributed by atoms with van der Waals surface area (Å²) >= 11 is 0. The quantitative estimate of drug-likeness (QED) is 0.695. The highest BCUT2D eigenvalue weighted by Crippen LogP contribution is 2.13. The fourth-order valence-corrected chi connectivity index (χ4v) is 2.98. The van der Waals surface area contributed by atoms with Gasteiger partial charge in [0.05, 0.1) is 13.4 Å². The molecule has 0 aliphatic carbocycles. The van der Waals surface area contributed by atoms with E-state index < -0.39 is 10.0 Å². The van der Waals surface area contributed by atoms with Gasteiger partial charge in [-0.2, -0.15) is 0 Å². The first-order valence-electron chi connectivity index (χ1n) is 7.84. The topological polar surface area (TPSA) is 87.7 Å². The van der Waals surface area contributed by atoms with Crippen molar-refractivity contribution in [2.24, 2.45) is 0 Å². The van der Waals surface area contributed by atoms with Crippen LogP contribution in [0.4, 0.5) is 4.79 Å². The highest BCUT2D eigenvalue weighted by Gasteiger charge is 2.16. The number of methoxy groups -OCH3 is 1. The molecule has 0 saturated heterocycles. The number of rotatable bonds is 9. The normalized spacial score (nSPS) is 11.6. The van der Waals surface area contributed by atoms with E-state index in [0.717, 1.165) is 11.3 Å². The van der Waals surface area contributed by atoms with Crippen LogP contribution in [-0.2, 0) is 16.4 Å². The second-order valence-corrected chi connectivity index (χ2v) is 7.80. The molecule has 0 atom stereocenters. The Labute approximate surface area is 144 Å². The Balaban J connectivity index is 2.55. The van der Waals surface area contributed by atoms with Gasteiger partial charge in [-0.05, 0) is 38.0 Å². The van der Waals surface area contributed by atoms with Crippen molar-refractivity contribution in [3.05, 3.63) is 29.8 Å². The van der Waals surface area contributed by atoms with Crippen molar-refractivity contribution >= 4 is 16.1 Å². The lowest BCUT2D eigenvalue weighted by Gasteiger charge is -2.20. The number of hydrogen-bond donors (Lipinski definition) is 2. The van der Waals surface area contributed by atoms with Crippen molar-refractivity contribution in [2.75, 3.05) is 33.0 Å². The number of urea groups is 1. The maximum absolute atomic E-state index is 11.9. The van der Waals surface area contributed by atoms with E-state index in [-0.39, 0.29) is 25.2 Å². The smallest absolute Gasteiger partial charge is 0.315 e. The fraction of sp³-hybridized carbons (Fsp3) is 0.562. The predicted octanol–water partition coefficient (Wildman–Crippen LogP) is 1.21. The van der Waals surface area contributed by atoms with E-state index in [1.807, 2.05) is 38.1 Å². The SMILES string of the molecule is COc1cccc(CCN(CCNC(=O)NC(C)C)S(C)(=O)=O)c1. The summed E-state index contributed by atoms with van der Waals surface area (Å²) in [6, 6.07) is 7.26. The molecule has 0 bridgehead atoms. The molecule has 0 spiro atoms. The van der Waals surface area contributed by atoms with Crippen LogP contribution in [-0.4, -0.2) is 57.8 Å². The van der Waals surface area contributed by atoms with Crippen molar-refractivity contribution in [3.63, 3.8) is 0 Å². The summed E-state index contributed by atoms with van der Waals surface area (Å²) in [5, 5.41) is 5.35. The molecule has 0 unspecified atom stereocenters. The van der Waals surface area contributed by atoms with E-state index in [1.54, 1.807) is 7.11 Å². The van der Waals surface area contributed by atoms with Gasteiger partial charge in [0.25, 0.3) is 0 Å². The Bertz CT molecular complexity index is 632. The lowest BCUT2D eigenvalue weighted by Crippen LogP contribution is -2.44. The van der Waals surface area contributed by atoms with Crippen LogP contribution in [0.15, 0.2) is 24.3 Å². The third-order valence-corrected chi connectivity index (χ3v) is 4.62. The molecule has 8 heteroatoms. The van der Waals surface area contributed by atoms with Gasteiger partial charge < -0.3 is 15.4 Å². The predicted molar refractivity (Wildman–Crippen MR) is 94.8 cm³/mol. The zero-order chi connectivity index (χ0) is 18.2. The van der Waals surface area contributed by atoms with Gasteiger partial charge in [-0.1, -0.05) is 12.1 Å². The molecule has 2 N–H and O–H groups in total. The summed E-state index contributed by atoms with van der Waals surface area (Å²) in [7, 11) is -1.75. The van der Waals surface area contributed by atoms with Gasteiger partial charge in [-0.3, -0.25) is 0 Å². The minimum atomic E-state index is -3.34. The van der Waals surface area contributed by atoms with Crippen LogP contribution in [0.3, 0.4) is 0 Å². The number of hydrogen-bond acceptors (Lipinski definition) is 4. The van der Waals surface area contributed by atoms with E-state index in [4.69, 9.17) is 4.74 Å². The van der Waals surface area contributed by atoms with Crippen LogP contribution in [0.5, 0.6) is 5.75 Å². The van der Waals surface area contributed by atoms with E-state index in [9.17, 15) is 13.2 Å². The fourth-order valence-electron chi connectivity index (χ4n) is 2.13. The first kappa shape index (κ1) is 20.2. The standard InChI is InChI=1S/C16H27N3O4S/c1-13(2)18-16(20)17-9-11-19(24(4,21)22)10-8-14-6-5-7-15(12-14)23-3/h5-7,12-13H,8-11H2,1-4H3,(H2,17,18,20). The van der Waals surface area contributed by atoms with E-state index in [0.29, 0.717) is 13.0 Å². The summed E-state index contributed by atoms with van der Waals surface area (Å²) < 4.78 is 30.3. The van der Waals surface area contributed by atoms with Gasteiger partial charge in [0.15, 0.2) is 0 Å². The number of nitrogens with zero attached hydrogens (tertiary/aromatic N) is 1. The molecule has 1 aromatic rings. The molecule has 7 nitrogen and oxygen atoms in total. The number of benzene rings is 1. The molecule has 136 valence electrons. The Morgan fingerprint density at radius 3 is 2.58 bits per heavy atom. The van der Waals surface area contributed by atoms with Crippen LogP contribution in [0, 0.1) is 0 Å². The molecule has 0 aliphatic rings. The van der Waals surface area contributed by atoms with Gasteiger partial charge in [0, 0.05) is 25.7 Å². The maximum Gasteiger partial charge on any atom is 0.315 e. The van der Waals surface area contributed by atoms with E-state index in [1.165, 1.54) is 10.6 Å². The van der Waals surface area contributed by atoms with E-state index in [2.05, 4.69) is 10.6 Å². The van der Waals surface area contributed by atoms with Gasteiger partial charge in [0.1, 0.15) is 5.75 Å². The highest BCUT2D eigenvalue weighted by atomic mass is 32.2. The van der Waals surface area contributed by atoms with Crippen molar-refractivity contribution < 1.29 is 17.9 Å². The summed E-state index contributed by atoms with van der Waals surface area (Å²) in [4.78, 5) is 11.5. The van der Waals surface area contributed by atoms with Crippen molar-refractivity contribution in [1.29, 1.82) is 0 Å². The molecular weight excluding hydrogens is 330 g/mol. The van der Waals surface area contributed by atoms with Crippen LogP contribution < -0.4 is 15.4 Å². The Morgan fingerprint density at radius 1 is 1.29 bits per heavy atom. The molecule has 24 heavy (non-hydrogen) atoms. The summed E-state index contributed by atoms with van der Waals surface area (Å²) in [5.41, 5.74) is 0.994.